The lowest BCUT2D eigenvalue weighted by Gasteiger charge is -2.14. The van der Waals surface area contributed by atoms with Crippen LogP contribution in [0.1, 0.15) is 29.7 Å². The van der Waals surface area contributed by atoms with Crippen LogP contribution in [0.25, 0.3) is 0 Å². The van der Waals surface area contributed by atoms with Gasteiger partial charge in [-0.05, 0) is 30.7 Å². The Kier molecular flexibility index (Phi) is 2.10. The van der Waals surface area contributed by atoms with Gasteiger partial charge in [-0.1, -0.05) is 18.2 Å². The van der Waals surface area contributed by atoms with E-state index in [0.717, 1.165) is 6.54 Å². The van der Waals surface area contributed by atoms with Gasteiger partial charge in [-0.3, -0.25) is 4.90 Å². The van der Waals surface area contributed by atoms with E-state index in [9.17, 15) is 0 Å². The van der Waals surface area contributed by atoms with E-state index < -0.39 is 0 Å². The summed E-state index contributed by atoms with van der Waals surface area (Å²) in [5.74, 6) is 0. The summed E-state index contributed by atoms with van der Waals surface area (Å²) < 4.78 is 0. The van der Waals surface area contributed by atoms with E-state index in [1.165, 1.54) is 16.7 Å². The minimum atomic E-state index is 0.543. The molecule has 0 fully saturated rings. The average Bonchev–Trinajstić information content (AvgIpc) is 2.43. The molecule has 2 N–H and O–H groups in total. The molecule has 1 atom stereocenters. The zero-order chi connectivity index (χ0) is 9.42. The maximum absolute atomic E-state index is 5.61. The highest BCUT2D eigenvalue weighted by Crippen LogP contribution is 2.32. The van der Waals surface area contributed by atoms with Crippen LogP contribution in [0.4, 0.5) is 0 Å². The van der Waals surface area contributed by atoms with E-state index in [1.807, 2.05) is 0 Å². The van der Waals surface area contributed by atoms with Gasteiger partial charge in [0.1, 0.15) is 0 Å². The molecule has 1 heterocycles. The quantitative estimate of drug-likeness (QED) is 0.705. The van der Waals surface area contributed by atoms with Crippen molar-refractivity contribution in [2.24, 2.45) is 5.73 Å². The van der Waals surface area contributed by atoms with Gasteiger partial charge in [-0.15, -0.1) is 0 Å². The predicted octanol–water partition coefficient (Wildman–Crippen LogP) is 1.65. The van der Waals surface area contributed by atoms with E-state index in [2.05, 4.69) is 37.1 Å². The largest absolute Gasteiger partial charge is 0.326 e. The summed E-state index contributed by atoms with van der Waals surface area (Å²) in [6.07, 6.45) is 0. The fraction of sp³-hybridized carbons (Fsp3) is 0.455. The Bertz CT molecular complexity index is 320. The molecule has 0 saturated carbocycles. The molecule has 0 aromatic heterocycles. The lowest BCUT2D eigenvalue weighted by Crippen LogP contribution is -2.12. The zero-order valence-corrected chi connectivity index (χ0v) is 8.25. The van der Waals surface area contributed by atoms with Crippen LogP contribution in [0, 0.1) is 0 Å². The second kappa shape index (κ2) is 3.13. The van der Waals surface area contributed by atoms with Crippen LogP contribution in [-0.2, 0) is 13.1 Å². The molecule has 2 rings (SSSR count). The van der Waals surface area contributed by atoms with E-state index in [4.69, 9.17) is 5.73 Å². The Morgan fingerprint density at radius 3 is 3.00 bits per heavy atom. The van der Waals surface area contributed by atoms with Crippen LogP contribution < -0.4 is 5.73 Å². The number of nitrogens with zero attached hydrogens (tertiary/aromatic N) is 1. The minimum Gasteiger partial charge on any atom is -0.326 e. The molecule has 0 bridgehead atoms. The van der Waals surface area contributed by atoms with Crippen LogP contribution in [-0.4, -0.2) is 11.9 Å². The van der Waals surface area contributed by atoms with Crippen LogP contribution in [0.2, 0.25) is 0 Å². The van der Waals surface area contributed by atoms with Crippen LogP contribution in [0.5, 0.6) is 0 Å². The Balaban J connectivity index is 2.42. The monoisotopic (exact) mass is 176 g/mol. The lowest BCUT2D eigenvalue weighted by atomic mass is 10.0. The fourth-order valence-corrected chi connectivity index (χ4v) is 1.95. The van der Waals surface area contributed by atoms with Crippen molar-refractivity contribution in [3.63, 3.8) is 0 Å². The third-order valence-corrected chi connectivity index (χ3v) is 2.98. The molecular weight excluding hydrogens is 160 g/mol. The highest BCUT2D eigenvalue weighted by atomic mass is 15.1. The molecule has 70 valence electrons. The van der Waals surface area contributed by atoms with Gasteiger partial charge in [-0.25, -0.2) is 0 Å². The number of hydrogen-bond acceptors (Lipinski definition) is 2. The summed E-state index contributed by atoms with van der Waals surface area (Å²) >= 11 is 0. The average molecular weight is 176 g/mol. The molecule has 13 heavy (non-hydrogen) atoms. The van der Waals surface area contributed by atoms with Gasteiger partial charge in [0, 0.05) is 19.1 Å². The number of hydrogen-bond donors (Lipinski definition) is 1. The van der Waals surface area contributed by atoms with E-state index in [1.54, 1.807) is 0 Å². The summed E-state index contributed by atoms with van der Waals surface area (Å²) in [5, 5.41) is 0. The normalized spacial score (nSPS) is 21.9. The fourth-order valence-electron chi connectivity index (χ4n) is 1.95. The predicted molar refractivity (Wildman–Crippen MR) is 54.2 cm³/mol. The molecule has 1 aliphatic heterocycles. The van der Waals surface area contributed by atoms with Gasteiger partial charge in [0.2, 0.25) is 0 Å². The third-order valence-electron chi connectivity index (χ3n) is 2.98. The molecule has 1 unspecified atom stereocenters. The molecule has 0 radical (unpaired) electrons. The van der Waals surface area contributed by atoms with Crippen molar-refractivity contribution in [2.75, 3.05) is 7.05 Å². The van der Waals surface area contributed by atoms with Crippen molar-refractivity contribution in [2.45, 2.75) is 26.1 Å². The molecule has 2 heteroatoms. The molecule has 1 aromatic rings. The molecule has 0 saturated heterocycles. The smallest absolute Gasteiger partial charge is 0.0323 e. The second-order valence-electron chi connectivity index (χ2n) is 3.83. The van der Waals surface area contributed by atoms with Gasteiger partial charge >= 0.3 is 0 Å². The highest BCUT2D eigenvalue weighted by Gasteiger charge is 2.22. The summed E-state index contributed by atoms with van der Waals surface area (Å²) in [7, 11) is 2.16. The summed E-state index contributed by atoms with van der Waals surface area (Å²) in [6.45, 7) is 3.96. The second-order valence-corrected chi connectivity index (χ2v) is 3.83. The van der Waals surface area contributed by atoms with E-state index >= 15 is 0 Å². The van der Waals surface area contributed by atoms with Gasteiger partial charge < -0.3 is 5.73 Å². The first-order chi connectivity index (χ1) is 6.22. The maximum atomic E-state index is 5.61. The zero-order valence-electron chi connectivity index (χ0n) is 8.25. The molecule has 1 aliphatic rings. The van der Waals surface area contributed by atoms with Crippen molar-refractivity contribution >= 4 is 0 Å². The molecule has 0 spiro atoms. The van der Waals surface area contributed by atoms with Crippen LogP contribution in [0.15, 0.2) is 18.2 Å². The summed E-state index contributed by atoms with van der Waals surface area (Å²) in [4.78, 5) is 2.35. The van der Waals surface area contributed by atoms with Crippen molar-refractivity contribution in [1.82, 2.24) is 4.90 Å². The van der Waals surface area contributed by atoms with Gasteiger partial charge in [-0.2, -0.15) is 0 Å². The molecular formula is C11H16N2. The van der Waals surface area contributed by atoms with Gasteiger partial charge in [0.15, 0.2) is 0 Å². The third kappa shape index (κ3) is 1.36. The topological polar surface area (TPSA) is 29.3 Å². The highest BCUT2D eigenvalue weighted by molar-refractivity contribution is 5.37. The van der Waals surface area contributed by atoms with E-state index in [0.29, 0.717) is 12.6 Å². The molecule has 0 aliphatic carbocycles. The summed E-state index contributed by atoms with van der Waals surface area (Å²) in [5.41, 5.74) is 9.75. The first-order valence-electron chi connectivity index (χ1n) is 4.74. The molecule has 0 amide bonds. The Hall–Kier alpha value is -0.860. The number of rotatable bonds is 1. The Morgan fingerprint density at radius 2 is 2.31 bits per heavy atom. The standard InChI is InChI=1S/C11H16N2/c1-8-11-5-9(6-12)3-4-10(11)7-13(8)2/h3-5,8H,6-7,12H2,1-2H3. The number of fused-ring (bicyclic) bond motifs is 1. The summed E-state index contributed by atoms with van der Waals surface area (Å²) in [6, 6.07) is 7.12. The van der Waals surface area contributed by atoms with Gasteiger partial charge in [0.25, 0.3) is 0 Å². The SMILES string of the molecule is CC1c2cc(CN)ccc2CN1C. The maximum Gasteiger partial charge on any atom is 0.0323 e. The first kappa shape index (κ1) is 8.73. The lowest BCUT2D eigenvalue weighted by molar-refractivity contribution is 0.286. The number of nitrogens with two attached hydrogens (primary N) is 1. The van der Waals surface area contributed by atoms with Crippen LogP contribution >= 0.6 is 0 Å². The van der Waals surface area contributed by atoms with Crippen molar-refractivity contribution in [3.8, 4) is 0 Å². The van der Waals surface area contributed by atoms with Crippen molar-refractivity contribution in [3.05, 3.63) is 34.9 Å². The molecule has 2 nitrogen and oxygen atoms in total. The molecule has 1 aromatic carbocycles. The van der Waals surface area contributed by atoms with Gasteiger partial charge in [0.05, 0.1) is 0 Å². The van der Waals surface area contributed by atoms with Crippen LogP contribution in [0.3, 0.4) is 0 Å². The number of benzene rings is 1. The Labute approximate surface area is 79.4 Å². The Morgan fingerprint density at radius 1 is 1.54 bits per heavy atom. The van der Waals surface area contributed by atoms with Crippen molar-refractivity contribution < 1.29 is 0 Å². The minimum absolute atomic E-state index is 0.543. The van der Waals surface area contributed by atoms with Crippen molar-refractivity contribution in [1.29, 1.82) is 0 Å². The first-order valence-corrected chi connectivity index (χ1v) is 4.74. The van der Waals surface area contributed by atoms with E-state index in [-0.39, 0.29) is 0 Å².